The Balaban J connectivity index is 2.35. The van der Waals surface area contributed by atoms with E-state index in [4.69, 9.17) is 15.2 Å². The van der Waals surface area contributed by atoms with Crippen molar-refractivity contribution in [3.05, 3.63) is 0 Å². The maximum absolute atomic E-state index is 11.7. The van der Waals surface area contributed by atoms with Gasteiger partial charge in [0.15, 0.2) is 0 Å². The highest BCUT2D eigenvalue weighted by molar-refractivity contribution is 5.78. The van der Waals surface area contributed by atoms with E-state index in [2.05, 4.69) is 5.32 Å². The molecular weight excluding hydrogens is 208 g/mol. The first-order valence-corrected chi connectivity index (χ1v) is 5.74. The first-order chi connectivity index (χ1) is 7.63. The maximum Gasteiger partial charge on any atom is 0.222 e. The predicted molar refractivity (Wildman–Crippen MR) is 61.0 cm³/mol. The number of rotatable bonds is 6. The zero-order chi connectivity index (χ0) is 12.0. The minimum atomic E-state index is -0.335. The van der Waals surface area contributed by atoms with Gasteiger partial charge >= 0.3 is 0 Å². The normalized spacial score (nSPS) is 26.7. The highest BCUT2D eigenvalue weighted by Gasteiger charge is 2.35. The van der Waals surface area contributed by atoms with Gasteiger partial charge in [-0.15, -0.1) is 0 Å². The summed E-state index contributed by atoms with van der Waals surface area (Å²) in [5.74, 6) is -0.00463. The molecule has 1 rings (SSSR count). The molecule has 0 radical (unpaired) electrons. The molecule has 2 atom stereocenters. The molecule has 2 unspecified atom stereocenters. The molecule has 1 saturated heterocycles. The van der Waals surface area contributed by atoms with E-state index in [1.54, 1.807) is 7.11 Å². The van der Waals surface area contributed by atoms with Crippen molar-refractivity contribution in [2.75, 3.05) is 33.4 Å². The van der Waals surface area contributed by atoms with Crippen LogP contribution in [0.15, 0.2) is 0 Å². The molecule has 0 aromatic rings. The largest absolute Gasteiger partial charge is 0.378 e. The Bertz CT molecular complexity index is 227. The Kier molecular flexibility index (Phi) is 5.18. The van der Waals surface area contributed by atoms with Crippen molar-refractivity contribution in [3.63, 3.8) is 0 Å². The molecule has 1 heterocycles. The average Bonchev–Trinajstić information content (AvgIpc) is 2.75. The van der Waals surface area contributed by atoms with Crippen LogP contribution < -0.4 is 11.1 Å². The van der Waals surface area contributed by atoms with E-state index in [1.807, 2.05) is 6.92 Å². The summed E-state index contributed by atoms with van der Waals surface area (Å²) < 4.78 is 10.7. The van der Waals surface area contributed by atoms with Crippen LogP contribution in [0.2, 0.25) is 0 Å². The maximum atomic E-state index is 11.7. The first kappa shape index (κ1) is 13.4. The summed E-state index contributed by atoms with van der Waals surface area (Å²) in [6.07, 6.45) is 1.54. The molecule has 16 heavy (non-hydrogen) atoms. The third-order valence-electron chi connectivity index (χ3n) is 3.13. The number of carbonyl (C=O) groups is 1. The van der Waals surface area contributed by atoms with Gasteiger partial charge in [0.1, 0.15) is 5.60 Å². The van der Waals surface area contributed by atoms with Gasteiger partial charge in [0.05, 0.1) is 6.61 Å². The van der Waals surface area contributed by atoms with Crippen LogP contribution >= 0.6 is 0 Å². The molecule has 1 amide bonds. The van der Waals surface area contributed by atoms with Crippen molar-refractivity contribution >= 4 is 5.91 Å². The van der Waals surface area contributed by atoms with Crippen LogP contribution in [0.25, 0.3) is 0 Å². The van der Waals surface area contributed by atoms with E-state index in [0.29, 0.717) is 32.7 Å². The van der Waals surface area contributed by atoms with Gasteiger partial charge in [-0.1, -0.05) is 6.92 Å². The lowest BCUT2D eigenvalue weighted by molar-refractivity contribution is -0.126. The average molecular weight is 230 g/mol. The van der Waals surface area contributed by atoms with E-state index in [9.17, 15) is 4.79 Å². The van der Waals surface area contributed by atoms with Crippen molar-refractivity contribution < 1.29 is 14.3 Å². The molecule has 5 nitrogen and oxygen atoms in total. The van der Waals surface area contributed by atoms with Gasteiger partial charge in [0.25, 0.3) is 0 Å². The highest BCUT2D eigenvalue weighted by atomic mass is 16.5. The fourth-order valence-corrected chi connectivity index (χ4v) is 1.76. The molecule has 0 aromatic carbocycles. The summed E-state index contributed by atoms with van der Waals surface area (Å²) in [6, 6.07) is 0. The predicted octanol–water partition coefficient (Wildman–Crippen LogP) is -0.107. The van der Waals surface area contributed by atoms with Crippen molar-refractivity contribution in [2.24, 2.45) is 11.7 Å². The second-order valence-corrected chi connectivity index (χ2v) is 4.39. The molecule has 1 fully saturated rings. The lowest BCUT2D eigenvalue weighted by Gasteiger charge is -2.26. The lowest BCUT2D eigenvalue weighted by atomic mass is 10.0. The Hall–Kier alpha value is -0.650. The molecule has 5 heteroatoms. The van der Waals surface area contributed by atoms with Crippen molar-refractivity contribution in [1.29, 1.82) is 0 Å². The van der Waals surface area contributed by atoms with Crippen molar-refractivity contribution in [1.82, 2.24) is 5.32 Å². The molecule has 0 aromatic heterocycles. The second-order valence-electron chi connectivity index (χ2n) is 4.39. The van der Waals surface area contributed by atoms with Gasteiger partial charge in [0.2, 0.25) is 5.91 Å². The number of hydrogen-bond acceptors (Lipinski definition) is 4. The number of nitrogens with one attached hydrogen (secondary N) is 1. The smallest absolute Gasteiger partial charge is 0.222 e. The summed E-state index contributed by atoms with van der Waals surface area (Å²) in [4.78, 5) is 11.7. The monoisotopic (exact) mass is 230 g/mol. The Morgan fingerprint density at radius 2 is 2.44 bits per heavy atom. The van der Waals surface area contributed by atoms with Crippen LogP contribution in [-0.4, -0.2) is 44.9 Å². The van der Waals surface area contributed by atoms with Crippen LogP contribution in [0.3, 0.4) is 0 Å². The standard InChI is InChI=1S/C11H22N2O3/c1-9(3-5-12)10(14)13-7-11(15-2)4-6-16-8-11/h9H,3-8,12H2,1-2H3,(H,13,14). The van der Waals surface area contributed by atoms with Crippen molar-refractivity contribution in [2.45, 2.75) is 25.4 Å². The van der Waals surface area contributed by atoms with Crippen molar-refractivity contribution in [3.8, 4) is 0 Å². The summed E-state index contributed by atoms with van der Waals surface area (Å²) in [5, 5.41) is 2.90. The number of ether oxygens (including phenoxy) is 2. The molecular formula is C11H22N2O3. The van der Waals surface area contributed by atoms with Crippen LogP contribution in [0, 0.1) is 5.92 Å². The van der Waals surface area contributed by atoms with Gasteiger partial charge in [-0.2, -0.15) is 0 Å². The quantitative estimate of drug-likeness (QED) is 0.668. The number of carbonyl (C=O) groups excluding carboxylic acids is 1. The van der Waals surface area contributed by atoms with Crippen LogP contribution in [0.5, 0.6) is 0 Å². The summed E-state index contributed by atoms with van der Waals surface area (Å²) in [7, 11) is 1.66. The van der Waals surface area contributed by atoms with Gasteiger partial charge in [-0.3, -0.25) is 4.79 Å². The second kappa shape index (κ2) is 6.18. The molecule has 0 bridgehead atoms. The molecule has 94 valence electrons. The highest BCUT2D eigenvalue weighted by Crippen LogP contribution is 2.21. The number of methoxy groups -OCH3 is 1. The third-order valence-corrected chi connectivity index (χ3v) is 3.13. The third kappa shape index (κ3) is 3.43. The zero-order valence-electron chi connectivity index (χ0n) is 10.1. The van der Waals surface area contributed by atoms with Crippen LogP contribution in [0.4, 0.5) is 0 Å². The van der Waals surface area contributed by atoms with E-state index in [-0.39, 0.29) is 17.4 Å². The van der Waals surface area contributed by atoms with Gasteiger partial charge in [0, 0.05) is 32.6 Å². The molecule has 0 spiro atoms. The fraction of sp³-hybridized carbons (Fsp3) is 0.909. The summed E-state index contributed by atoms with van der Waals surface area (Å²) in [6.45, 7) is 4.17. The molecule has 1 aliphatic rings. The zero-order valence-corrected chi connectivity index (χ0v) is 10.1. The fourth-order valence-electron chi connectivity index (χ4n) is 1.76. The van der Waals surface area contributed by atoms with E-state index in [1.165, 1.54) is 0 Å². The minimum absolute atomic E-state index is 0.0359. The molecule has 3 N–H and O–H groups in total. The Morgan fingerprint density at radius 3 is 2.94 bits per heavy atom. The Morgan fingerprint density at radius 1 is 1.69 bits per heavy atom. The van der Waals surface area contributed by atoms with Gasteiger partial charge in [-0.25, -0.2) is 0 Å². The SMILES string of the molecule is COC1(CNC(=O)C(C)CCN)CCOC1. The molecule has 0 aliphatic carbocycles. The van der Waals surface area contributed by atoms with Crippen LogP contribution in [-0.2, 0) is 14.3 Å². The molecule has 0 saturated carbocycles. The topological polar surface area (TPSA) is 73.6 Å². The number of amides is 1. The van der Waals surface area contributed by atoms with E-state index < -0.39 is 0 Å². The van der Waals surface area contributed by atoms with E-state index in [0.717, 1.165) is 6.42 Å². The summed E-state index contributed by atoms with van der Waals surface area (Å²) in [5.41, 5.74) is 5.08. The first-order valence-electron chi connectivity index (χ1n) is 5.74. The minimum Gasteiger partial charge on any atom is -0.378 e. The van der Waals surface area contributed by atoms with Gasteiger partial charge < -0.3 is 20.5 Å². The lowest BCUT2D eigenvalue weighted by Crippen LogP contribution is -2.46. The molecule has 1 aliphatic heterocycles. The van der Waals surface area contributed by atoms with Crippen LogP contribution in [0.1, 0.15) is 19.8 Å². The van der Waals surface area contributed by atoms with Gasteiger partial charge in [-0.05, 0) is 13.0 Å². The summed E-state index contributed by atoms with van der Waals surface area (Å²) >= 11 is 0. The van der Waals surface area contributed by atoms with E-state index >= 15 is 0 Å². The number of hydrogen-bond donors (Lipinski definition) is 2. The Labute approximate surface area is 96.7 Å². The number of nitrogens with two attached hydrogens (primary N) is 1.